The van der Waals surface area contributed by atoms with Gasteiger partial charge in [0.15, 0.2) is 0 Å². The molecule has 0 aliphatic carbocycles. The van der Waals surface area contributed by atoms with Crippen LogP contribution in [-0.4, -0.2) is 33.2 Å². The molecule has 1 aromatic carbocycles. The largest absolute Gasteiger partial charge is 0.467 e. The molecule has 2 atom stereocenters. The van der Waals surface area contributed by atoms with Crippen molar-refractivity contribution < 1.29 is 14.0 Å². The fraction of sp³-hybridized carbons (Fsp3) is 0.381. The van der Waals surface area contributed by atoms with Gasteiger partial charge in [0.2, 0.25) is 11.8 Å². The Morgan fingerprint density at radius 2 is 2.14 bits per heavy atom. The summed E-state index contributed by atoms with van der Waals surface area (Å²) < 4.78 is 5.32. The fourth-order valence-corrected chi connectivity index (χ4v) is 3.63. The van der Waals surface area contributed by atoms with E-state index in [2.05, 4.69) is 15.3 Å². The van der Waals surface area contributed by atoms with Crippen LogP contribution in [0.4, 0.5) is 0 Å². The van der Waals surface area contributed by atoms with Crippen molar-refractivity contribution in [3.05, 3.63) is 54.2 Å². The van der Waals surface area contributed by atoms with Crippen LogP contribution >= 0.6 is 0 Å². The van der Waals surface area contributed by atoms with Crippen molar-refractivity contribution in [2.75, 3.05) is 6.54 Å². The van der Waals surface area contributed by atoms with Crippen LogP contribution in [0.15, 0.2) is 47.1 Å². The Morgan fingerprint density at radius 3 is 2.86 bits per heavy atom. The normalized spacial score (nSPS) is 18.2. The molecule has 3 aromatic rings. The molecule has 2 aromatic heterocycles. The standard InChI is InChI=1S/C21H24N4O3/c1-13(2)19(20-22-16-7-3-4-8-17(16)23-20)24-21(27)14-10-18(26)25(11-14)12-15-6-5-9-28-15/h3-9,13-14,19H,10-12H2,1-2H3,(H,22,23)(H,24,27)/t14-,19+/m0/s1. The SMILES string of the molecule is CC(C)[C@@H](NC(=O)[C@H]1CC(=O)N(Cc2ccco2)C1)c1nc2ccccc2[nH]1. The summed E-state index contributed by atoms with van der Waals surface area (Å²) in [4.78, 5) is 34.8. The summed E-state index contributed by atoms with van der Waals surface area (Å²) >= 11 is 0. The summed E-state index contributed by atoms with van der Waals surface area (Å²) in [6, 6.07) is 11.2. The van der Waals surface area contributed by atoms with E-state index in [0.29, 0.717) is 13.1 Å². The number of nitrogens with one attached hydrogen (secondary N) is 2. The van der Waals surface area contributed by atoms with E-state index in [1.165, 1.54) is 0 Å². The van der Waals surface area contributed by atoms with Crippen LogP contribution in [0, 0.1) is 11.8 Å². The molecule has 146 valence electrons. The number of aromatic amines is 1. The van der Waals surface area contributed by atoms with Gasteiger partial charge in [-0.1, -0.05) is 26.0 Å². The molecule has 7 nitrogen and oxygen atoms in total. The lowest BCUT2D eigenvalue weighted by Crippen LogP contribution is -2.37. The van der Waals surface area contributed by atoms with Crippen LogP contribution in [0.1, 0.15) is 37.9 Å². The number of benzene rings is 1. The zero-order valence-corrected chi connectivity index (χ0v) is 16.0. The molecule has 0 unspecified atom stereocenters. The van der Waals surface area contributed by atoms with E-state index in [1.807, 2.05) is 44.2 Å². The number of para-hydroxylation sites is 2. The maximum atomic E-state index is 12.9. The number of rotatable bonds is 6. The Morgan fingerprint density at radius 1 is 1.32 bits per heavy atom. The Bertz CT molecular complexity index is 944. The van der Waals surface area contributed by atoms with Gasteiger partial charge in [-0.25, -0.2) is 4.98 Å². The summed E-state index contributed by atoms with van der Waals surface area (Å²) in [5, 5.41) is 3.10. The molecule has 1 fully saturated rings. The van der Waals surface area contributed by atoms with Gasteiger partial charge in [0.1, 0.15) is 11.6 Å². The second-order valence-electron chi connectivity index (χ2n) is 7.62. The average Bonchev–Trinajstić information content (AvgIpc) is 3.40. The molecule has 2 N–H and O–H groups in total. The highest BCUT2D eigenvalue weighted by Crippen LogP contribution is 2.25. The summed E-state index contributed by atoms with van der Waals surface area (Å²) in [6.45, 7) is 4.88. The number of aromatic nitrogens is 2. The van der Waals surface area contributed by atoms with Crippen LogP contribution < -0.4 is 5.32 Å². The smallest absolute Gasteiger partial charge is 0.226 e. The molecule has 0 spiro atoms. The van der Waals surface area contributed by atoms with Crippen LogP contribution in [0.2, 0.25) is 0 Å². The van der Waals surface area contributed by atoms with E-state index in [-0.39, 0.29) is 36.1 Å². The Labute approximate surface area is 163 Å². The van der Waals surface area contributed by atoms with Gasteiger partial charge < -0.3 is 19.6 Å². The molecule has 2 amide bonds. The predicted octanol–water partition coefficient (Wildman–Crippen LogP) is 3.02. The maximum Gasteiger partial charge on any atom is 0.226 e. The molecule has 0 saturated carbocycles. The minimum Gasteiger partial charge on any atom is -0.467 e. The lowest BCUT2D eigenvalue weighted by Gasteiger charge is -2.22. The zero-order chi connectivity index (χ0) is 19.7. The summed E-state index contributed by atoms with van der Waals surface area (Å²) in [6.07, 6.45) is 1.80. The van der Waals surface area contributed by atoms with Gasteiger partial charge in [0.05, 0.1) is 35.8 Å². The third kappa shape index (κ3) is 3.65. The van der Waals surface area contributed by atoms with E-state index in [1.54, 1.807) is 17.2 Å². The van der Waals surface area contributed by atoms with E-state index in [9.17, 15) is 9.59 Å². The highest BCUT2D eigenvalue weighted by atomic mass is 16.3. The lowest BCUT2D eigenvalue weighted by molar-refractivity contribution is -0.129. The molecule has 1 aliphatic rings. The van der Waals surface area contributed by atoms with Gasteiger partial charge >= 0.3 is 0 Å². The monoisotopic (exact) mass is 380 g/mol. The highest BCUT2D eigenvalue weighted by Gasteiger charge is 2.36. The number of carbonyl (C=O) groups is 2. The van der Waals surface area contributed by atoms with Crippen molar-refractivity contribution in [3.63, 3.8) is 0 Å². The van der Waals surface area contributed by atoms with Crippen molar-refractivity contribution in [2.24, 2.45) is 11.8 Å². The minimum absolute atomic E-state index is 0.0265. The van der Waals surface area contributed by atoms with E-state index in [0.717, 1.165) is 22.6 Å². The van der Waals surface area contributed by atoms with Gasteiger partial charge in [-0.3, -0.25) is 9.59 Å². The van der Waals surface area contributed by atoms with Crippen LogP contribution in [0.3, 0.4) is 0 Å². The third-order valence-corrected chi connectivity index (χ3v) is 5.18. The van der Waals surface area contributed by atoms with Crippen LogP contribution in [-0.2, 0) is 16.1 Å². The van der Waals surface area contributed by atoms with Crippen molar-refractivity contribution in [2.45, 2.75) is 32.9 Å². The molecule has 1 saturated heterocycles. The van der Waals surface area contributed by atoms with Gasteiger partial charge in [-0.2, -0.15) is 0 Å². The third-order valence-electron chi connectivity index (χ3n) is 5.18. The molecular weight excluding hydrogens is 356 g/mol. The van der Waals surface area contributed by atoms with Gasteiger partial charge in [0, 0.05) is 13.0 Å². The fourth-order valence-electron chi connectivity index (χ4n) is 3.63. The molecule has 4 rings (SSSR count). The highest BCUT2D eigenvalue weighted by molar-refractivity contribution is 5.89. The van der Waals surface area contributed by atoms with E-state index >= 15 is 0 Å². The first kappa shape index (κ1) is 18.3. The second kappa shape index (κ2) is 7.50. The number of likely N-dealkylation sites (tertiary alicyclic amines) is 1. The van der Waals surface area contributed by atoms with E-state index < -0.39 is 0 Å². The molecule has 0 radical (unpaired) electrons. The molecule has 1 aliphatic heterocycles. The number of imidazole rings is 1. The number of hydrogen-bond acceptors (Lipinski definition) is 4. The summed E-state index contributed by atoms with van der Waals surface area (Å²) in [5.41, 5.74) is 1.82. The molecule has 28 heavy (non-hydrogen) atoms. The zero-order valence-electron chi connectivity index (χ0n) is 16.0. The van der Waals surface area contributed by atoms with Gasteiger partial charge in [-0.05, 0) is 30.2 Å². The van der Waals surface area contributed by atoms with Crippen LogP contribution in [0.25, 0.3) is 11.0 Å². The Hall–Kier alpha value is -3.09. The second-order valence-corrected chi connectivity index (χ2v) is 7.62. The first-order valence-corrected chi connectivity index (χ1v) is 9.56. The molecule has 0 bridgehead atoms. The minimum atomic E-state index is -0.368. The van der Waals surface area contributed by atoms with E-state index in [4.69, 9.17) is 4.42 Å². The number of fused-ring (bicyclic) bond motifs is 1. The number of nitrogens with zero attached hydrogens (tertiary/aromatic N) is 2. The van der Waals surface area contributed by atoms with Gasteiger partial charge in [0.25, 0.3) is 0 Å². The topological polar surface area (TPSA) is 91.2 Å². The Kier molecular flexibility index (Phi) is 4.90. The number of carbonyl (C=O) groups excluding carboxylic acids is 2. The van der Waals surface area contributed by atoms with Crippen molar-refractivity contribution in [3.8, 4) is 0 Å². The lowest BCUT2D eigenvalue weighted by atomic mass is 10.0. The molecule has 7 heteroatoms. The maximum absolute atomic E-state index is 12.9. The molecule has 3 heterocycles. The first-order valence-electron chi connectivity index (χ1n) is 9.56. The van der Waals surface area contributed by atoms with Crippen molar-refractivity contribution in [1.82, 2.24) is 20.2 Å². The molecular formula is C21H24N4O3. The number of hydrogen-bond donors (Lipinski definition) is 2. The van der Waals surface area contributed by atoms with Gasteiger partial charge in [-0.15, -0.1) is 0 Å². The predicted molar refractivity (Wildman–Crippen MR) is 104 cm³/mol. The summed E-state index contributed by atoms with van der Waals surface area (Å²) in [5.74, 6) is 1.10. The number of H-pyrrole nitrogens is 1. The number of furan rings is 1. The quantitative estimate of drug-likeness (QED) is 0.688. The Balaban J connectivity index is 1.45. The average molecular weight is 380 g/mol. The van der Waals surface area contributed by atoms with Crippen LogP contribution in [0.5, 0.6) is 0 Å². The first-order chi connectivity index (χ1) is 13.5. The summed E-state index contributed by atoms with van der Waals surface area (Å²) in [7, 11) is 0. The van der Waals surface area contributed by atoms with Crippen molar-refractivity contribution in [1.29, 1.82) is 0 Å². The number of amides is 2. The van der Waals surface area contributed by atoms with Crippen molar-refractivity contribution >= 4 is 22.8 Å².